The van der Waals surface area contributed by atoms with Crippen LogP contribution in [0.2, 0.25) is 0 Å². The molecule has 0 radical (unpaired) electrons. The van der Waals surface area contributed by atoms with Crippen LogP contribution >= 0.6 is 0 Å². The average Bonchev–Trinajstić information content (AvgIpc) is 2.69. The second-order valence-corrected chi connectivity index (χ2v) is 7.00. The predicted octanol–water partition coefficient (Wildman–Crippen LogP) is 3.32. The first-order valence-corrected chi connectivity index (χ1v) is 9.46. The maximum atomic E-state index is 12.4. The number of nitrogens with zero attached hydrogens (tertiary/aromatic N) is 1. The number of hydrogen-bond donors (Lipinski definition) is 1. The van der Waals surface area contributed by atoms with Crippen LogP contribution in [0.1, 0.15) is 28.4 Å². The minimum absolute atomic E-state index is 0.364. The van der Waals surface area contributed by atoms with Gasteiger partial charge in [0.2, 0.25) is 0 Å². The lowest BCUT2D eigenvalue weighted by atomic mass is 10.1. The third kappa shape index (κ3) is 4.89. The Hall–Kier alpha value is -2.86. The number of carbonyl (C=O) groups is 2. The molecule has 0 bridgehead atoms. The van der Waals surface area contributed by atoms with Gasteiger partial charge in [0.15, 0.2) is 6.10 Å². The van der Waals surface area contributed by atoms with Crippen LogP contribution in [0.15, 0.2) is 42.5 Å². The largest absolute Gasteiger partial charge is 0.449 e. The van der Waals surface area contributed by atoms with Crippen LogP contribution in [0.4, 0.5) is 11.4 Å². The Labute approximate surface area is 165 Å². The van der Waals surface area contributed by atoms with Gasteiger partial charge in [0.1, 0.15) is 0 Å². The van der Waals surface area contributed by atoms with E-state index in [0.717, 1.165) is 43.1 Å². The number of hydrogen-bond acceptors (Lipinski definition) is 5. The van der Waals surface area contributed by atoms with Crippen LogP contribution in [-0.2, 0) is 14.3 Å². The Morgan fingerprint density at radius 2 is 1.75 bits per heavy atom. The fourth-order valence-electron chi connectivity index (χ4n) is 3.14. The molecule has 1 aliphatic rings. The van der Waals surface area contributed by atoms with E-state index in [4.69, 9.17) is 9.47 Å². The van der Waals surface area contributed by atoms with E-state index >= 15 is 0 Å². The van der Waals surface area contributed by atoms with E-state index in [1.165, 1.54) is 0 Å². The summed E-state index contributed by atoms with van der Waals surface area (Å²) in [7, 11) is 0. The van der Waals surface area contributed by atoms with Crippen LogP contribution in [-0.4, -0.2) is 44.3 Å². The Kier molecular flexibility index (Phi) is 6.31. The van der Waals surface area contributed by atoms with Gasteiger partial charge in [-0.15, -0.1) is 0 Å². The Bertz CT molecular complexity index is 842. The summed E-state index contributed by atoms with van der Waals surface area (Å²) in [6.45, 7) is 8.55. The first kappa shape index (κ1) is 19.9. The van der Waals surface area contributed by atoms with Crippen LogP contribution in [0.5, 0.6) is 0 Å². The van der Waals surface area contributed by atoms with Crippen molar-refractivity contribution in [1.29, 1.82) is 0 Å². The van der Waals surface area contributed by atoms with Gasteiger partial charge in [0.05, 0.1) is 18.8 Å². The number of aryl methyl sites for hydroxylation is 2. The standard InChI is InChI=1S/C22H26N2O4/c1-15-4-9-20(16(2)14-15)22(26)28-17(3)21(25)23-18-5-7-19(8-6-18)24-10-12-27-13-11-24/h4-9,14,17H,10-13H2,1-3H3,(H,23,25). The molecule has 1 saturated heterocycles. The van der Waals surface area contributed by atoms with E-state index in [9.17, 15) is 9.59 Å². The molecule has 2 aromatic rings. The van der Waals surface area contributed by atoms with Crippen molar-refractivity contribution in [3.05, 3.63) is 59.2 Å². The highest BCUT2D eigenvalue weighted by Crippen LogP contribution is 2.19. The van der Waals surface area contributed by atoms with Crippen molar-refractivity contribution in [2.24, 2.45) is 0 Å². The second-order valence-electron chi connectivity index (χ2n) is 7.00. The van der Waals surface area contributed by atoms with Gasteiger partial charge in [-0.1, -0.05) is 17.7 Å². The number of rotatable bonds is 5. The number of morpholine rings is 1. The summed E-state index contributed by atoms with van der Waals surface area (Å²) in [5.41, 5.74) is 4.13. The van der Waals surface area contributed by atoms with Crippen LogP contribution in [0, 0.1) is 13.8 Å². The highest BCUT2D eigenvalue weighted by molar-refractivity contribution is 5.97. The van der Waals surface area contributed by atoms with Crippen molar-refractivity contribution < 1.29 is 19.1 Å². The van der Waals surface area contributed by atoms with E-state index in [1.807, 2.05) is 50.2 Å². The summed E-state index contributed by atoms with van der Waals surface area (Å²) in [5.74, 6) is -0.861. The number of nitrogens with one attached hydrogen (secondary N) is 1. The first-order chi connectivity index (χ1) is 13.4. The van der Waals surface area contributed by atoms with Gasteiger partial charge >= 0.3 is 5.97 Å². The van der Waals surface area contributed by atoms with Crippen molar-refractivity contribution in [1.82, 2.24) is 0 Å². The Morgan fingerprint density at radius 3 is 2.39 bits per heavy atom. The molecule has 28 heavy (non-hydrogen) atoms. The zero-order valence-corrected chi connectivity index (χ0v) is 16.5. The molecule has 6 nitrogen and oxygen atoms in total. The quantitative estimate of drug-likeness (QED) is 0.804. The lowest BCUT2D eigenvalue weighted by molar-refractivity contribution is -0.123. The number of amides is 1. The van der Waals surface area contributed by atoms with Gasteiger partial charge in [-0.3, -0.25) is 4.79 Å². The third-order valence-electron chi connectivity index (χ3n) is 4.77. The first-order valence-electron chi connectivity index (χ1n) is 9.46. The summed E-state index contributed by atoms with van der Waals surface area (Å²) in [4.78, 5) is 27.0. The lowest BCUT2D eigenvalue weighted by Gasteiger charge is -2.28. The smallest absolute Gasteiger partial charge is 0.339 e. The molecular weight excluding hydrogens is 356 g/mol. The van der Waals surface area contributed by atoms with E-state index in [1.54, 1.807) is 13.0 Å². The summed E-state index contributed by atoms with van der Waals surface area (Å²) >= 11 is 0. The highest BCUT2D eigenvalue weighted by Gasteiger charge is 2.20. The molecular formula is C22H26N2O4. The minimum atomic E-state index is -0.896. The van der Waals surface area contributed by atoms with Gasteiger partial charge in [-0.25, -0.2) is 4.79 Å². The van der Waals surface area contributed by atoms with Gasteiger partial charge in [0, 0.05) is 24.5 Å². The molecule has 2 aromatic carbocycles. The van der Waals surface area contributed by atoms with Gasteiger partial charge in [-0.2, -0.15) is 0 Å². The molecule has 1 amide bonds. The molecule has 148 valence electrons. The number of ether oxygens (including phenoxy) is 2. The summed E-state index contributed by atoms with van der Waals surface area (Å²) in [6, 6.07) is 13.1. The predicted molar refractivity (Wildman–Crippen MR) is 109 cm³/mol. The number of carbonyl (C=O) groups excluding carboxylic acids is 2. The van der Waals surface area contributed by atoms with Crippen molar-refractivity contribution >= 4 is 23.3 Å². The molecule has 0 aliphatic carbocycles. The number of esters is 1. The van der Waals surface area contributed by atoms with Crippen molar-refractivity contribution in [3.63, 3.8) is 0 Å². The van der Waals surface area contributed by atoms with E-state index in [2.05, 4.69) is 10.2 Å². The maximum absolute atomic E-state index is 12.4. The number of anilines is 2. The van der Waals surface area contributed by atoms with Crippen LogP contribution < -0.4 is 10.2 Å². The molecule has 1 N–H and O–H groups in total. The topological polar surface area (TPSA) is 67.9 Å². The molecule has 1 heterocycles. The minimum Gasteiger partial charge on any atom is -0.449 e. The van der Waals surface area contributed by atoms with Crippen LogP contribution in [0.3, 0.4) is 0 Å². The fraction of sp³-hybridized carbons (Fsp3) is 0.364. The zero-order chi connectivity index (χ0) is 20.1. The normalized spacial score (nSPS) is 15.0. The Morgan fingerprint density at radius 1 is 1.07 bits per heavy atom. The zero-order valence-electron chi connectivity index (χ0n) is 16.5. The Balaban J connectivity index is 1.56. The molecule has 0 saturated carbocycles. The summed E-state index contributed by atoms with van der Waals surface area (Å²) in [5, 5.41) is 2.79. The molecule has 6 heteroatoms. The lowest BCUT2D eigenvalue weighted by Crippen LogP contribution is -2.36. The molecule has 0 spiro atoms. The van der Waals surface area contributed by atoms with Gasteiger partial charge in [0.25, 0.3) is 5.91 Å². The summed E-state index contributed by atoms with van der Waals surface area (Å²) < 4.78 is 10.7. The van der Waals surface area contributed by atoms with E-state index < -0.39 is 12.1 Å². The fourth-order valence-corrected chi connectivity index (χ4v) is 3.14. The number of benzene rings is 2. The van der Waals surface area contributed by atoms with Crippen molar-refractivity contribution in [2.45, 2.75) is 26.9 Å². The highest BCUT2D eigenvalue weighted by atomic mass is 16.5. The molecule has 1 aliphatic heterocycles. The van der Waals surface area contributed by atoms with E-state index in [0.29, 0.717) is 11.3 Å². The SMILES string of the molecule is Cc1ccc(C(=O)OC(C)C(=O)Nc2ccc(N3CCOCC3)cc2)c(C)c1. The second kappa shape index (κ2) is 8.89. The molecule has 3 rings (SSSR count). The molecule has 0 aromatic heterocycles. The van der Waals surface area contributed by atoms with Crippen molar-refractivity contribution in [3.8, 4) is 0 Å². The van der Waals surface area contributed by atoms with Gasteiger partial charge in [-0.05, 0) is 56.7 Å². The van der Waals surface area contributed by atoms with Crippen LogP contribution in [0.25, 0.3) is 0 Å². The monoisotopic (exact) mass is 382 g/mol. The summed E-state index contributed by atoms with van der Waals surface area (Å²) in [6.07, 6.45) is -0.896. The van der Waals surface area contributed by atoms with Gasteiger partial charge < -0.3 is 19.7 Å². The molecule has 1 unspecified atom stereocenters. The maximum Gasteiger partial charge on any atom is 0.339 e. The molecule has 1 fully saturated rings. The average molecular weight is 382 g/mol. The van der Waals surface area contributed by atoms with Crippen molar-refractivity contribution in [2.75, 3.05) is 36.5 Å². The van der Waals surface area contributed by atoms with E-state index in [-0.39, 0.29) is 5.91 Å². The third-order valence-corrected chi connectivity index (χ3v) is 4.77. The molecule has 1 atom stereocenters.